The van der Waals surface area contributed by atoms with Gasteiger partial charge in [-0.25, -0.2) is 0 Å². The van der Waals surface area contributed by atoms with Gasteiger partial charge in [0.25, 0.3) is 0 Å². The highest BCUT2D eigenvalue weighted by molar-refractivity contribution is 5.88. The van der Waals surface area contributed by atoms with Gasteiger partial charge in [-0.3, -0.25) is 0 Å². The molecule has 1 aliphatic heterocycles. The van der Waals surface area contributed by atoms with Crippen molar-refractivity contribution in [1.29, 1.82) is 5.26 Å². The first-order chi connectivity index (χ1) is 11.8. The molecule has 1 aliphatic rings. The summed E-state index contributed by atoms with van der Waals surface area (Å²) >= 11 is 0. The molecule has 0 fully saturated rings. The lowest BCUT2D eigenvalue weighted by atomic mass is 10.1. The second-order valence-corrected chi connectivity index (χ2v) is 5.71. The lowest BCUT2D eigenvalue weighted by molar-refractivity contribution is 0.362. The van der Waals surface area contributed by atoms with Gasteiger partial charge in [0.2, 0.25) is 0 Å². The summed E-state index contributed by atoms with van der Waals surface area (Å²) in [7, 11) is 0. The molecule has 0 saturated heterocycles. The Morgan fingerprint density at radius 2 is 2.17 bits per heavy atom. The van der Waals surface area contributed by atoms with Crippen LogP contribution in [0.2, 0.25) is 0 Å². The van der Waals surface area contributed by atoms with Crippen LogP contribution in [0.4, 0.5) is 0 Å². The molecule has 0 aliphatic carbocycles. The quantitative estimate of drug-likeness (QED) is 0.623. The number of rotatable bonds is 5. The number of aryl methyl sites for hydroxylation is 1. The third kappa shape index (κ3) is 3.38. The first-order valence-corrected chi connectivity index (χ1v) is 8.20. The maximum atomic E-state index is 9.64. The van der Waals surface area contributed by atoms with E-state index in [4.69, 9.17) is 4.74 Å². The van der Waals surface area contributed by atoms with E-state index in [-0.39, 0.29) is 0 Å². The fourth-order valence-electron chi connectivity index (χ4n) is 2.87. The minimum Gasteiger partial charge on any atom is -0.489 e. The Balaban J connectivity index is 1.98. The number of nitrogens with zero attached hydrogens (tertiary/aromatic N) is 4. The molecule has 2 heterocycles. The standard InChI is InChI=1S/C19H20N4O/c1-2-12-24-17-9-6-5-8-15(17)13-16(14-20)19-22-21-18-10-4-3-7-11-23(18)19/h2,5-6,8-9,13H,1,3-4,7,10-12H2/b16-13+. The van der Waals surface area contributed by atoms with E-state index in [1.54, 1.807) is 6.08 Å². The van der Waals surface area contributed by atoms with Crippen molar-refractivity contribution in [3.8, 4) is 11.8 Å². The van der Waals surface area contributed by atoms with Gasteiger partial charge in [0.15, 0.2) is 5.82 Å². The monoisotopic (exact) mass is 320 g/mol. The summed E-state index contributed by atoms with van der Waals surface area (Å²) < 4.78 is 7.75. The fraction of sp³-hybridized carbons (Fsp3) is 0.316. The zero-order valence-corrected chi connectivity index (χ0v) is 13.6. The van der Waals surface area contributed by atoms with Crippen molar-refractivity contribution < 1.29 is 4.74 Å². The van der Waals surface area contributed by atoms with E-state index in [1.807, 2.05) is 30.3 Å². The summed E-state index contributed by atoms with van der Waals surface area (Å²) in [6.07, 6.45) is 7.85. The molecule has 0 atom stereocenters. The molecule has 0 spiro atoms. The van der Waals surface area contributed by atoms with Crippen LogP contribution < -0.4 is 4.74 Å². The number of hydrogen-bond donors (Lipinski definition) is 0. The zero-order chi connectivity index (χ0) is 16.8. The Morgan fingerprint density at radius 1 is 1.29 bits per heavy atom. The van der Waals surface area contributed by atoms with Crippen molar-refractivity contribution in [2.45, 2.75) is 32.2 Å². The molecule has 1 aromatic heterocycles. The van der Waals surface area contributed by atoms with Gasteiger partial charge in [-0.2, -0.15) is 5.26 Å². The number of aromatic nitrogens is 3. The smallest absolute Gasteiger partial charge is 0.174 e. The first-order valence-electron chi connectivity index (χ1n) is 8.20. The summed E-state index contributed by atoms with van der Waals surface area (Å²) in [6, 6.07) is 9.91. The molecule has 0 unspecified atom stereocenters. The van der Waals surface area contributed by atoms with Crippen molar-refractivity contribution in [2.75, 3.05) is 6.61 Å². The lowest BCUT2D eigenvalue weighted by Gasteiger charge is -2.08. The van der Waals surface area contributed by atoms with Gasteiger partial charge in [-0.05, 0) is 25.0 Å². The Bertz CT molecular complexity index is 798. The molecular weight excluding hydrogens is 300 g/mol. The van der Waals surface area contributed by atoms with E-state index in [9.17, 15) is 5.26 Å². The van der Waals surface area contributed by atoms with E-state index in [0.29, 0.717) is 18.0 Å². The molecule has 1 aromatic carbocycles. The molecule has 0 N–H and O–H groups in total. The van der Waals surface area contributed by atoms with Crippen LogP contribution in [0.15, 0.2) is 36.9 Å². The molecule has 0 radical (unpaired) electrons. The van der Waals surface area contributed by atoms with E-state index < -0.39 is 0 Å². The molecule has 0 amide bonds. The zero-order valence-electron chi connectivity index (χ0n) is 13.6. The third-order valence-electron chi connectivity index (χ3n) is 4.05. The van der Waals surface area contributed by atoms with Crippen LogP contribution in [-0.4, -0.2) is 21.4 Å². The molecule has 0 saturated carbocycles. The second kappa shape index (κ2) is 7.60. The van der Waals surface area contributed by atoms with Gasteiger partial charge < -0.3 is 9.30 Å². The summed E-state index contributed by atoms with van der Waals surface area (Å²) in [6.45, 7) is 4.96. The molecule has 2 aromatic rings. The van der Waals surface area contributed by atoms with Crippen molar-refractivity contribution in [3.63, 3.8) is 0 Å². The minimum absolute atomic E-state index is 0.424. The number of benzene rings is 1. The van der Waals surface area contributed by atoms with Crippen molar-refractivity contribution >= 4 is 11.6 Å². The summed E-state index contributed by atoms with van der Waals surface area (Å²) in [5, 5.41) is 18.2. The van der Waals surface area contributed by atoms with Crippen LogP contribution in [0, 0.1) is 11.3 Å². The second-order valence-electron chi connectivity index (χ2n) is 5.71. The van der Waals surface area contributed by atoms with Gasteiger partial charge in [0.1, 0.15) is 24.3 Å². The molecule has 122 valence electrons. The molecule has 24 heavy (non-hydrogen) atoms. The van der Waals surface area contributed by atoms with Crippen LogP contribution in [0.5, 0.6) is 5.75 Å². The van der Waals surface area contributed by atoms with Crippen LogP contribution >= 0.6 is 0 Å². The Morgan fingerprint density at radius 3 is 3.00 bits per heavy atom. The number of fused-ring (bicyclic) bond motifs is 1. The molecular formula is C19H20N4O. The van der Waals surface area contributed by atoms with Crippen molar-refractivity contribution in [2.24, 2.45) is 0 Å². The fourth-order valence-corrected chi connectivity index (χ4v) is 2.87. The van der Waals surface area contributed by atoms with Gasteiger partial charge in [-0.1, -0.05) is 37.3 Å². The topological polar surface area (TPSA) is 63.7 Å². The first kappa shape index (κ1) is 16.0. The SMILES string of the molecule is C=CCOc1ccccc1/C=C(\C#N)c1nnc2n1CCCCC2. The normalized spacial score (nSPS) is 14.4. The third-order valence-corrected chi connectivity index (χ3v) is 4.05. The largest absolute Gasteiger partial charge is 0.489 e. The van der Waals surface area contributed by atoms with Crippen LogP contribution in [0.3, 0.4) is 0 Å². The Kier molecular flexibility index (Phi) is 5.07. The highest BCUT2D eigenvalue weighted by Gasteiger charge is 2.18. The number of para-hydroxylation sites is 1. The van der Waals surface area contributed by atoms with E-state index in [1.165, 1.54) is 6.42 Å². The van der Waals surface area contributed by atoms with Gasteiger partial charge in [0.05, 0.1) is 5.57 Å². The van der Waals surface area contributed by atoms with Crippen molar-refractivity contribution in [3.05, 3.63) is 54.1 Å². The van der Waals surface area contributed by atoms with Crippen LogP contribution in [0.25, 0.3) is 11.6 Å². The maximum absolute atomic E-state index is 9.64. The minimum atomic E-state index is 0.424. The number of ether oxygens (including phenoxy) is 1. The average Bonchev–Trinajstić information content (AvgIpc) is 2.86. The lowest BCUT2D eigenvalue weighted by Crippen LogP contribution is -2.05. The van der Waals surface area contributed by atoms with Gasteiger partial charge in [-0.15, -0.1) is 10.2 Å². The maximum Gasteiger partial charge on any atom is 0.174 e. The van der Waals surface area contributed by atoms with Crippen molar-refractivity contribution in [1.82, 2.24) is 14.8 Å². The van der Waals surface area contributed by atoms with Crippen LogP contribution in [-0.2, 0) is 13.0 Å². The summed E-state index contributed by atoms with van der Waals surface area (Å²) in [5.41, 5.74) is 1.35. The number of nitriles is 1. The highest BCUT2D eigenvalue weighted by Crippen LogP contribution is 2.25. The van der Waals surface area contributed by atoms with E-state index >= 15 is 0 Å². The Labute approximate surface area is 141 Å². The predicted molar refractivity (Wildman–Crippen MR) is 93.2 cm³/mol. The molecule has 0 bridgehead atoms. The van der Waals surface area contributed by atoms with E-state index in [2.05, 4.69) is 27.4 Å². The summed E-state index contributed by atoms with van der Waals surface area (Å²) in [4.78, 5) is 0. The molecule has 3 rings (SSSR count). The van der Waals surface area contributed by atoms with Gasteiger partial charge in [0, 0.05) is 18.5 Å². The molecule has 5 nitrogen and oxygen atoms in total. The summed E-state index contributed by atoms with van der Waals surface area (Å²) in [5.74, 6) is 2.34. The Hall–Kier alpha value is -2.87. The predicted octanol–water partition coefficient (Wildman–Crippen LogP) is 3.63. The van der Waals surface area contributed by atoms with Gasteiger partial charge >= 0.3 is 0 Å². The highest BCUT2D eigenvalue weighted by atomic mass is 16.5. The van der Waals surface area contributed by atoms with E-state index in [0.717, 1.165) is 42.9 Å². The molecule has 5 heteroatoms. The number of allylic oxidation sites excluding steroid dienone is 1. The number of hydrogen-bond acceptors (Lipinski definition) is 4. The average molecular weight is 320 g/mol. The van der Waals surface area contributed by atoms with Crippen LogP contribution in [0.1, 0.15) is 36.5 Å².